The number of likely N-dealkylation sites (N-methyl/N-ethyl adjacent to an activating group) is 1. The van der Waals surface area contributed by atoms with E-state index < -0.39 is 0 Å². The van der Waals surface area contributed by atoms with E-state index in [0.717, 1.165) is 69.2 Å². The van der Waals surface area contributed by atoms with Gasteiger partial charge in [0.05, 0.1) is 11.6 Å². The van der Waals surface area contributed by atoms with Crippen LogP contribution in [0.3, 0.4) is 0 Å². The number of amidine groups is 1. The fourth-order valence-electron chi connectivity index (χ4n) is 4.56. The largest absolute Gasteiger partial charge is 0.437 e. The van der Waals surface area contributed by atoms with E-state index in [1.807, 2.05) is 12.1 Å². The van der Waals surface area contributed by atoms with Crippen LogP contribution in [0.25, 0.3) is 6.08 Å². The van der Waals surface area contributed by atoms with Crippen molar-refractivity contribution in [2.75, 3.05) is 50.0 Å². The summed E-state index contributed by atoms with van der Waals surface area (Å²) in [4.78, 5) is 18.6. The Balaban J connectivity index is 1.44. The lowest BCUT2D eigenvalue weighted by atomic mass is 10.1. The molecule has 2 aromatic rings. The first-order chi connectivity index (χ1) is 16.5. The third-order valence-corrected chi connectivity index (χ3v) is 6.82. The zero-order chi connectivity index (χ0) is 23.7. The average molecular weight is 479 g/mol. The molecule has 3 heterocycles. The molecule has 8 heteroatoms. The lowest BCUT2D eigenvalue weighted by Gasteiger charge is -2.33. The van der Waals surface area contributed by atoms with Crippen molar-refractivity contribution in [1.82, 2.24) is 14.9 Å². The molecule has 1 aromatic carbocycles. The number of aliphatic imine (C=N–C) groups is 1. The highest BCUT2D eigenvalue weighted by Crippen LogP contribution is 2.39. The van der Waals surface area contributed by atoms with Gasteiger partial charge in [-0.05, 0) is 50.1 Å². The number of rotatable bonds is 6. The highest BCUT2D eigenvalue weighted by Gasteiger charge is 2.21. The van der Waals surface area contributed by atoms with Gasteiger partial charge in [0.1, 0.15) is 17.4 Å². The first-order valence-electron chi connectivity index (χ1n) is 12.0. The van der Waals surface area contributed by atoms with E-state index in [4.69, 9.17) is 21.3 Å². The lowest BCUT2D eigenvalue weighted by molar-refractivity contribution is 0.312. The second-order valence-corrected chi connectivity index (χ2v) is 9.66. The van der Waals surface area contributed by atoms with Crippen molar-refractivity contribution >= 4 is 35.3 Å². The van der Waals surface area contributed by atoms with Crippen molar-refractivity contribution in [3.05, 3.63) is 51.6 Å². The number of fused-ring (bicyclic) bond motifs is 1. The topological polar surface area (TPSA) is 65.9 Å². The van der Waals surface area contributed by atoms with Crippen molar-refractivity contribution in [1.29, 1.82) is 0 Å². The van der Waals surface area contributed by atoms with Gasteiger partial charge in [-0.1, -0.05) is 42.7 Å². The number of anilines is 2. The van der Waals surface area contributed by atoms with Crippen LogP contribution in [0, 0.1) is 0 Å². The molecule has 1 N–H and O–H groups in total. The summed E-state index contributed by atoms with van der Waals surface area (Å²) in [6.07, 6.45) is 7.32. The Kier molecular flexibility index (Phi) is 6.57. The maximum absolute atomic E-state index is 6.73. The molecule has 1 saturated heterocycles. The molecule has 0 radical (unpaired) electrons. The fourth-order valence-corrected chi connectivity index (χ4v) is 4.84. The first-order valence-corrected chi connectivity index (χ1v) is 12.4. The Morgan fingerprint density at radius 2 is 1.94 bits per heavy atom. The molecule has 1 aromatic heterocycles. The van der Waals surface area contributed by atoms with Gasteiger partial charge >= 0.3 is 0 Å². The minimum atomic E-state index is 0.461. The number of benzene rings is 1. The molecule has 0 unspecified atom stereocenters. The molecule has 1 fully saturated rings. The molecule has 5 rings (SSSR count). The Hall–Kier alpha value is -2.90. The standard InChI is InChI=1S/C26H31ClN6O/c1-4-5-18-14-22(28-16-18)29-26-30-23(33-10-8-32(3)9-11-33)15-24(31-26)34-21-7-6-19-12-17(2)13-20(19)25(21)27/h6-7,13-15H,4-5,8-12,16H2,1-3H3,(H,28,29,30,31). The minimum absolute atomic E-state index is 0.461. The predicted octanol–water partition coefficient (Wildman–Crippen LogP) is 5.18. The lowest BCUT2D eigenvalue weighted by Crippen LogP contribution is -2.44. The normalized spacial score (nSPS) is 17.9. The molecule has 178 valence electrons. The van der Waals surface area contributed by atoms with Crippen molar-refractivity contribution in [2.45, 2.75) is 33.1 Å². The van der Waals surface area contributed by atoms with E-state index >= 15 is 0 Å². The Bertz CT molecular complexity index is 1180. The monoisotopic (exact) mass is 478 g/mol. The van der Waals surface area contributed by atoms with Gasteiger partial charge in [0.25, 0.3) is 0 Å². The zero-order valence-electron chi connectivity index (χ0n) is 20.1. The van der Waals surface area contributed by atoms with E-state index in [-0.39, 0.29) is 0 Å². The van der Waals surface area contributed by atoms with Crippen molar-refractivity contribution in [3.63, 3.8) is 0 Å². The molecule has 0 bridgehead atoms. The quantitative estimate of drug-likeness (QED) is 0.616. The summed E-state index contributed by atoms with van der Waals surface area (Å²) >= 11 is 6.73. The predicted molar refractivity (Wildman–Crippen MR) is 140 cm³/mol. The number of allylic oxidation sites excluding steroid dienone is 1. The minimum Gasteiger partial charge on any atom is -0.437 e. The van der Waals surface area contributed by atoms with Gasteiger partial charge in [-0.25, -0.2) is 0 Å². The van der Waals surface area contributed by atoms with E-state index in [0.29, 0.717) is 22.6 Å². The second kappa shape index (κ2) is 9.76. The van der Waals surface area contributed by atoms with Gasteiger partial charge in [0, 0.05) is 37.8 Å². The number of hydrogen-bond donors (Lipinski definition) is 1. The second-order valence-electron chi connectivity index (χ2n) is 9.28. The SMILES string of the molecule is CCCC1=CC(Nc2nc(Oc3ccc4c(c3Cl)C=C(C)C4)cc(N3CCN(C)CC3)n2)=NC1. The number of hydrogen-bond acceptors (Lipinski definition) is 7. The van der Waals surface area contributed by atoms with Gasteiger partial charge in [-0.15, -0.1) is 0 Å². The molecule has 2 aliphatic heterocycles. The third kappa shape index (κ3) is 4.95. The molecule has 0 atom stereocenters. The van der Waals surface area contributed by atoms with Crippen LogP contribution in [0.2, 0.25) is 5.02 Å². The number of piperazine rings is 1. The molecule has 7 nitrogen and oxygen atoms in total. The van der Waals surface area contributed by atoms with Gasteiger partial charge in [-0.3, -0.25) is 4.99 Å². The summed E-state index contributed by atoms with van der Waals surface area (Å²) < 4.78 is 6.24. The van der Waals surface area contributed by atoms with Crippen LogP contribution < -0.4 is 15.0 Å². The van der Waals surface area contributed by atoms with E-state index in [9.17, 15) is 0 Å². The third-order valence-electron chi connectivity index (χ3n) is 6.43. The van der Waals surface area contributed by atoms with E-state index in [1.165, 1.54) is 16.7 Å². The molecule has 0 spiro atoms. The fraction of sp³-hybridized carbons (Fsp3) is 0.423. The van der Waals surface area contributed by atoms with Crippen LogP contribution in [0.15, 0.2) is 40.4 Å². The highest BCUT2D eigenvalue weighted by molar-refractivity contribution is 6.33. The number of aromatic nitrogens is 2. The Morgan fingerprint density at radius 1 is 1.12 bits per heavy atom. The molecule has 34 heavy (non-hydrogen) atoms. The van der Waals surface area contributed by atoms with Crippen LogP contribution in [0.4, 0.5) is 11.8 Å². The van der Waals surface area contributed by atoms with Crippen LogP contribution >= 0.6 is 11.6 Å². The van der Waals surface area contributed by atoms with Crippen LogP contribution in [0.5, 0.6) is 11.6 Å². The molecule has 0 saturated carbocycles. The van der Waals surface area contributed by atoms with Crippen molar-refractivity contribution < 1.29 is 4.74 Å². The maximum Gasteiger partial charge on any atom is 0.233 e. The summed E-state index contributed by atoms with van der Waals surface area (Å²) in [5, 5.41) is 3.92. The molecular formula is C26H31ClN6O. The maximum atomic E-state index is 6.73. The first kappa shape index (κ1) is 22.9. The van der Waals surface area contributed by atoms with Crippen molar-refractivity contribution in [3.8, 4) is 11.6 Å². The van der Waals surface area contributed by atoms with Gasteiger partial charge < -0.3 is 19.9 Å². The summed E-state index contributed by atoms with van der Waals surface area (Å²) in [7, 11) is 2.14. The average Bonchev–Trinajstić information content (AvgIpc) is 3.42. The molecule has 0 amide bonds. The summed E-state index contributed by atoms with van der Waals surface area (Å²) in [6.45, 7) is 8.81. The number of ether oxygens (including phenoxy) is 1. The van der Waals surface area contributed by atoms with Gasteiger partial charge in [0.2, 0.25) is 11.8 Å². The number of nitrogens with one attached hydrogen (secondary N) is 1. The smallest absolute Gasteiger partial charge is 0.233 e. The molecule has 1 aliphatic carbocycles. The van der Waals surface area contributed by atoms with E-state index in [2.05, 4.69) is 64.2 Å². The Labute approximate surface area is 206 Å². The molecular weight excluding hydrogens is 448 g/mol. The molecule has 3 aliphatic rings. The van der Waals surface area contributed by atoms with Crippen molar-refractivity contribution in [2.24, 2.45) is 4.99 Å². The number of nitrogens with zero attached hydrogens (tertiary/aromatic N) is 5. The van der Waals surface area contributed by atoms with Crippen LogP contribution in [-0.2, 0) is 6.42 Å². The van der Waals surface area contributed by atoms with Gasteiger partial charge in [-0.2, -0.15) is 9.97 Å². The van der Waals surface area contributed by atoms with E-state index in [1.54, 1.807) is 0 Å². The van der Waals surface area contributed by atoms with Gasteiger partial charge in [0.15, 0.2) is 0 Å². The summed E-state index contributed by atoms with van der Waals surface area (Å²) in [5.74, 6) is 3.17. The highest BCUT2D eigenvalue weighted by atomic mass is 35.5. The van der Waals surface area contributed by atoms with Crippen LogP contribution in [-0.4, -0.2) is 60.5 Å². The van der Waals surface area contributed by atoms with Crippen LogP contribution in [0.1, 0.15) is 37.8 Å². The zero-order valence-corrected chi connectivity index (χ0v) is 20.8. The summed E-state index contributed by atoms with van der Waals surface area (Å²) in [5.41, 5.74) is 4.89. The summed E-state index contributed by atoms with van der Waals surface area (Å²) in [6, 6.07) is 5.91. The Morgan fingerprint density at radius 3 is 2.74 bits per heavy atom. The number of halogens is 1.